The van der Waals surface area contributed by atoms with Crippen molar-refractivity contribution in [1.29, 1.82) is 0 Å². The number of nitrogens with zero attached hydrogens (tertiary/aromatic N) is 2. The fraction of sp³-hybridized carbons (Fsp3) is 0.400. The molecule has 2 aromatic rings. The minimum Gasteiger partial charge on any atom is -0.247 e. The normalized spacial score (nSPS) is 10.7. The first-order valence-corrected chi connectivity index (χ1v) is 6.32. The van der Waals surface area contributed by atoms with Crippen molar-refractivity contribution in [3.8, 4) is 0 Å². The average Bonchev–Trinajstić information content (AvgIpc) is 2.72. The molecule has 2 rings (SSSR count). The van der Waals surface area contributed by atoms with Crippen LogP contribution in [0.4, 0.5) is 0 Å². The lowest BCUT2D eigenvalue weighted by molar-refractivity contribution is 0.889. The minimum absolute atomic E-state index is 1.01. The van der Waals surface area contributed by atoms with E-state index in [1.807, 2.05) is 13.8 Å². The Hall–Kier alpha value is -0.740. The van der Waals surface area contributed by atoms with Crippen molar-refractivity contribution in [2.75, 3.05) is 0 Å². The third-order valence-corrected chi connectivity index (χ3v) is 3.62. The van der Waals surface area contributed by atoms with Crippen LogP contribution in [0.15, 0.2) is 10.8 Å². The molecule has 0 bridgehead atoms. The third kappa shape index (κ3) is 2.39. The van der Waals surface area contributed by atoms with Gasteiger partial charge in [0.25, 0.3) is 0 Å². The highest BCUT2D eigenvalue weighted by molar-refractivity contribution is 7.09. The van der Waals surface area contributed by atoms with E-state index in [0.29, 0.717) is 0 Å². The molecule has 0 amide bonds. The van der Waals surface area contributed by atoms with Gasteiger partial charge in [-0.3, -0.25) is 0 Å². The van der Waals surface area contributed by atoms with Crippen molar-refractivity contribution < 1.29 is 0 Å². The molecule has 0 aliphatic carbocycles. The van der Waals surface area contributed by atoms with E-state index in [-0.39, 0.29) is 0 Å². The highest BCUT2D eigenvalue weighted by Gasteiger charge is 2.01. The van der Waals surface area contributed by atoms with E-state index in [2.05, 4.69) is 20.7 Å². The zero-order chi connectivity index (χ0) is 9.97. The molecule has 0 fully saturated rings. The van der Waals surface area contributed by atoms with E-state index in [9.17, 15) is 0 Å². The highest BCUT2D eigenvalue weighted by atomic mass is 32.1. The van der Waals surface area contributed by atoms with Crippen LogP contribution in [0.25, 0.3) is 0 Å². The summed E-state index contributed by atoms with van der Waals surface area (Å²) in [4.78, 5) is 8.85. The van der Waals surface area contributed by atoms with E-state index in [1.54, 1.807) is 22.7 Å². The molecule has 0 radical (unpaired) electrons. The van der Waals surface area contributed by atoms with Gasteiger partial charge in [0.1, 0.15) is 0 Å². The van der Waals surface area contributed by atoms with E-state index < -0.39 is 0 Å². The number of aromatic nitrogens is 2. The first-order valence-electron chi connectivity index (χ1n) is 4.56. The SMILES string of the molecule is Cc1nc(CCc2csc(C)n2)cs1. The predicted molar refractivity (Wildman–Crippen MR) is 61.1 cm³/mol. The van der Waals surface area contributed by atoms with Gasteiger partial charge in [-0.2, -0.15) is 0 Å². The van der Waals surface area contributed by atoms with Gasteiger partial charge in [0.2, 0.25) is 0 Å². The Morgan fingerprint density at radius 1 is 0.929 bits per heavy atom. The van der Waals surface area contributed by atoms with Crippen LogP contribution in [0.1, 0.15) is 21.4 Å². The maximum Gasteiger partial charge on any atom is 0.0897 e. The standard InChI is InChI=1S/C10H12N2S2/c1-7-11-9(5-13-7)3-4-10-6-14-8(2)12-10/h5-6H,3-4H2,1-2H3. The molecule has 0 N–H and O–H groups in total. The number of hydrogen-bond acceptors (Lipinski definition) is 4. The zero-order valence-corrected chi connectivity index (χ0v) is 9.91. The maximum atomic E-state index is 4.43. The van der Waals surface area contributed by atoms with Gasteiger partial charge >= 0.3 is 0 Å². The Morgan fingerprint density at radius 3 is 1.64 bits per heavy atom. The molecule has 0 saturated heterocycles. The summed E-state index contributed by atoms with van der Waals surface area (Å²) >= 11 is 3.43. The second kappa shape index (κ2) is 4.19. The second-order valence-electron chi connectivity index (χ2n) is 3.22. The summed E-state index contributed by atoms with van der Waals surface area (Å²) in [5.41, 5.74) is 2.39. The van der Waals surface area contributed by atoms with Gasteiger partial charge in [0.05, 0.1) is 21.4 Å². The Kier molecular flexibility index (Phi) is 2.93. The van der Waals surface area contributed by atoms with Gasteiger partial charge in [-0.05, 0) is 26.7 Å². The average molecular weight is 224 g/mol. The second-order valence-corrected chi connectivity index (χ2v) is 5.34. The van der Waals surface area contributed by atoms with E-state index in [4.69, 9.17) is 0 Å². The van der Waals surface area contributed by atoms with Crippen LogP contribution in [0.5, 0.6) is 0 Å². The maximum absolute atomic E-state index is 4.43. The molecular weight excluding hydrogens is 212 g/mol. The number of thiazole rings is 2. The van der Waals surface area contributed by atoms with Crippen molar-refractivity contribution in [1.82, 2.24) is 9.97 Å². The third-order valence-electron chi connectivity index (χ3n) is 1.97. The van der Waals surface area contributed by atoms with Gasteiger partial charge in [-0.1, -0.05) is 0 Å². The molecule has 2 nitrogen and oxygen atoms in total. The predicted octanol–water partition coefficient (Wildman–Crippen LogP) is 3.00. The molecule has 0 saturated carbocycles. The van der Waals surface area contributed by atoms with Crippen molar-refractivity contribution in [2.45, 2.75) is 26.7 Å². The molecule has 14 heavy (non-hydrogen) atoms. The number of rotatable bonds is 3. The topological polar surface area (TPSA) is 25.8 Å². The van der Waals surface area contributed by atoms with Gasteiger partial charge < -0.3 is 0 Å². The van der Waals surface area contributed by atoms with Crippen molar-refractivity contribution >= 4 is 22.7 Å². The van der Waals surface area contributed by atoms with Crippen LogP contribution >= 0.6 is 22.7 Å². The molecule has 2 aromatic heterocycles. The van der Waals surface area contributed by atoms with Crippen molar-refractivity contribution in [3.05, 3.63) is 32.2 Å². The van der Waals surface area contributed by atoms with Crippen LogP contribution in [-0.4, -0.2) is 9.97 Å². The summed E-state index contributed by atoms with van der Waals surface area (Å²) in [6.07, 6.45) is 2.01. The molecule has 0 aromatic carbocycles. The first-order chi connectivity index (χ1) is 6.74. The molecule has 4 heteroatoms. The lowest BCUT2D eigenvalue weighted by atomic mass is 10.2. The van der Waals surface area contributed by atoms with Crippen LogP contribution in [0, 0.1) is 13.8 Å². The lowest BCUT2D eigenvalue weighted by Crippen LogP contribution is -1.91. The molecule has 0 atom stereocenters. The largest absolute Gasteiger partial charge is 0.247 e. The Balaban J connectivity index is 1.94. The Bertz CT molecular complexity index is 377. The van der Waals surface area contributed by atoms with E-state index in [0.717, 1.165) is 22.9 Å². The van der Waals surface area contributed by atoms with E-state index in [1.165, 1.54) is 11.4 Å². The van der Waals surface area contributed by atoms with Crippen LogP contribution in [0.2, 0.25) is 0 Å². The summed E-state index contributed by atoms with van der Waals surface area (Å²) in [6.45, 7) is 4.09. The van der Waals surface area contributed by atoms with Crippen LogP contribution in [-0.2, 0) is 12.8 Å². The summed E-state index contributed by atoms with van der Waals surface area (Å²) in [7, 11) is 0. The molecule has 0 unspecified atom stereocenters. The fourth-order valence-corrected chi connectivity index (χ4v) is 2.60. The highest BCUT2D eigenvalue weighted by Crippen LogP contribution is 2.13. The van der Waals surface area contributed by atoms with E-state index >= 15 is 0 Å². The first kappa shape index (κ1) is 9.80. The van der Waals surface area contributed by atoms with Gasteiger partial charge in [-0.15, -0.1) is 22.7 Å². The molecule has 0 spiro atoms. The smallest absolute Gasteiger partial charge is 0.0897 e. The summed E-state index contributed by atoms with van der Waals surface area (Å²) in [5, 5.41) is 6.56. The fourth-order valence-electron chi connectivity index (χ4n) is 1.30. The Morgan fingerprint density at radius 2 is 1.36 bits per heavy atom. The van der Waals surface area contributed by atoms with Crippen molar-refractivity contribution in [2.24, 2.45) is 0 Å². The van der Waals surface area contributed by atoms with Gasteiger partial charge in [-0.25, -0.2) is 9.97 Å². The monoisotopic (exact) mass is 224 g/mol. The zero-order valence-electron chi connectivity index (χ0n) is 8.28. The molecular formula is C10H12N2S2. The van der Waals surface area contributed by atoms with Gasteiger partial charge in [0, 0.05) is 10.8 Å². The minimum atomic E-state index is 1.01. The summed E-state index contributed by atoms with van der Waals surface area (Å²) < 4.78 is 0. The summed E-state index contributed by atoms with van der Waals surface area (Å²) in [6, 6.07) is 0. The van der Waals surface area contributed by atoms with Gasteiger partial charge in [0.15, 0.2) is 0 Å². The number of hydrogen-bond donors (Lipinski definition) is 0. The molecule has 0 aliphatic rings. The lowest BCUT2D eigenvalue weighted by Gasteiger charge is -1.92. The Labute approximate surface area is 91.7 Å². The molecule has 0 aliphatic heterocycles. The van der Waals surface area contributed by atoms with Crippen LogP contribution < -0.4 is 0 Å². The molecule has 2 heterocycles. The van der Waals surface area contributed by atoms with Crippen LogP contribution in [0.3, 0.4) is 0 Å². The molecule has 74 valence electrons. The quantitative estimate of drug-likeness (QED) is 0.801. The number of aryl methyl sites for hydroxylation is 4. The summed E-state index contributed by atoms with van der Waals surface area (Å²) in [5.74, 6) is 0. The van der Waals surface area contributed by atoms with Crippen molar-refractivity contribution in [3.63, 3.8) is 0 Å².